The average molecular weight is 252 g/mol. The standard InChI is InChI=1S/C14H18ClNO/c1-10-5-6-11(15)9-12(10)16-13(17)14(2)7-3-4-8-14/h5-6,9H,3-4,7-8H2,1-2H3,(H,16,17). The molecule has 1 aliphatic carbocycles. The van der Waals surface area contributed by atoms with Crippen molar-refractivity contribution in [3.05, 3.63) is 28.8 Å². The van der Waals surface area contributed by atoms with E-state index < -0.39 is 0 Å². The number of carbonyl (C=O) groups is 1. The van der Waals surface area contributed by atoms with Gasteiger partial charge in [-0.2, -0.15) is 0 Å². The van der Waals surface area contributed by atoms with Gasteiger partial charge in [0.1, 0.15) is 0 Å². The molecule has 92 valence electrons. The van der Waals surface area contributed by atoms with E-state index in [9.17, 15) is 4.79 Å². The summed E-state index contributed by atoms with van der Waals surface area (Å²) in [6.07, 6.45) is 4.27. The number of halogens is 1. The molecule has 0 heterocycles. The molecule has 1 aromatic carbocycles. The van der Waals surface area contributed by atoms with Crippen molar-refractivity contribution < 1.29 is 4.79 Å². The van der Waals surface area contributed by atoms with Crippen LogP contribution in [0.3, 0.4) is 0 Å². The quantitative estimate of drug-likeness (QED) is 0.840. The van der Waals surface area contributed by atoms with Gasteiger partial charge in [-0.05, 0) is 37.5 Å². The van der Waals surface area contributed by atoms with Gasteiger partial charge in [-0.3, -0.25) is 4.79 Å². The van der Waals surface area contributed by atoms with Gasteiger partial charge < -0.3 is 5.32 Å². The summed E-state index contributed by atoms with van der Waals surface area (Å²) in [5.74, 6) is 0.125. The van der Waals surface area contributed by atoms with Crippen molar-refractivity contribution in [1.29, 1.82) is 0 Å². The van der Waals surface area contributed by atoms with Crippen LogP contribution in [0.2, 0.25) is 5.02 Å². The first kappa shape index (κ1) is 12.4. The number of hydrogen-bond donors (Lipinski definition) is 1. The number of rotatable bonds is 2. The first-order valence-corrected chi connectivity index (χ1v) is 6.47. The van der Waals surface area contributed by atoms with E-state index in [-0.39, 0.29) is 11.3 Å². The molecule has 1 aliphatic rings. The molecule has 0 bridgehead atoms. The number of aryl methyl sites for hydroxylation is 1. The molecule has 3 heteroatoms. The van der Waals surface area contributed by atoms with Gasteiger partial charge in [0.2, 0.25) is 5.91 Å². The molecular formula is C14H18ClNO. The first-order chi connectivity index (χ1) is 8.01. The summed E-state index contributed by atoms with van der Waals surface area (Å²) >= 11 is 5.94. The largest absolute Gasteiger partial charge is 0.325 e. The third kappa shape index (κ3) is 2.63. The Kier molecular flexibility index (Phi) is 3.43. The molecule has 2 nitrogen and oxygen atoms in total. The van der Waals surface area contributed by atoms with Gasteiger partial charge in [0.05, 0.1) is 0 Å². The Labute approximate surface area is 107 Å². The SMILES string of the molecule is Cc1ccc(Cl)cc1NC(=O)C1(C)CCCC1. The molecule has 1 amide bonds. The van der Waals surface area contributed by atoms with E-state index in [1.807, 2.05) is 25.1 Å². The summed E-state index contributed by atoms with van der Waals surface area (Å²) in [7, 11) is 0. The lowest BCUT2D eigenvalue weighted by atomic mass is 9.87. The predicted molar refractivity (Wildman–Crippen MR) is 71.4 cm³/mol. The highest BCUT2D eigenvalue weighted by atomic mass is 35.5. The number of hydrogen-bond acceptors (Lipinski definition) is 1. The van der Waals surface area contributed by atoms with Crippen molar-refractivity contribution in [2.24, 2.45) is 5.41 Å². The van der Waals surface area contributed by atoms with Crippen LogP contribution in [0.25, 0.3) is 0 Å². The smallest absolute Gasteiger partial charge is 0.230 e. The van der Waals surface area contributed by atoms with Gasteiger partial charge in [-0.15, -0.1) is 0 Å². The van der Waals surface area contributed by atoms with Crippen LogP contribution >= 0.6 is 11.6 Å². The summed E-state index contributed by atoms with van der Waals surface area (Å²) in [5.41, 5.74) is 1.68. The molecule has 0 aliphatic heterocycles. The van der Waals surface area contributed by atoms with E-state index in [4.69, 9.17) is 11.6 Å². The number of benzene rings is 1. The lowest BCUT2D eigenvalue weighted by molar-refractivity contribution is -0.124. The summed E-state index contributed by atoms with van der Waals surface area (Å²) in [6, 6.07) is 5.58. The Hall–Kier alpha value is -1.02. The Balaban J connectivity index is 2.15. The van der Waals surface area contributed by atoms with Gasteiger partial charge in [-0.25, -0.2) is 0 Å². The molecule has 0 aromatic heterocycles. The van der Waals surface area contributed by atoms with Crippen LogP contribution in [0, 0.1) is 12.3 Å². The normalized spacial score (nSPS) is 18.1. The van der Waals surface area contributed by atoms with Crippen molar-refractivity contribution in [2.45, 2.75) is 39.5 Å². The monoisotopic (exact) mass is 251 g/mol. The fraction of sp³-hybridized carbons (Fsp3) is 0.500. The zero-order chi connectivity index (χ0) is 12.5. The van der Waals surface area contributed by atoms with Crippen molar-refractivity contribution in [3.8, 4) is 0 Å². The van der Waals surface area contributed by atoms with Crippen molar-refractivity contribution >= 4 is 23.2 Å². The molecule has 0 radical (unpaired) electrons. The Bertz CT molecular complexity index is 436. The van der Waals surface area contributed by atoms with Gasteiger partial charge in [0, 0.05) is 16.1 Å². The molecule has 1 saturated carbocycles. The van der Waals surface area contributed by atoms with Gasteiger partial charge in [0.15, 0.2) is 0 Å². The van der Waals surface area contributed by atoms with Crippen LogP contribution < -0.4 is 5.32 Å². The lowest BCUT2D eigenvalue weighted by Crippen LogP contribution is -2.31. The predicted octanol–water partition coefficient (Wildman–Crippen LogP) is 4.17. The molecular weight excluding hydrogens is 234 g/mol. The fourth-order valence-corrected chi connectivity index (χ4v) is 2.56. The van der Waals surface area contributed by atoms with Crippen molar-refractivity contribution in [1.82, 2.24) is 0 Å². The van der Waals surface area contributed by atoms with Gasteiger partial charge in [0.25, 0.3) is 0 Å². The molecule has 0 spiro atoms. The zero-order valence-electron chi connectivity index (χ0n) is 10.3. The Morgan fingerprint density at radius 3 is 2.65 bits per heavy atom. The number of amides is 1. The Morgan fingerprint density at radius 1 is 1.35 bits per heavy atom. The van der Waals surface area contributed by atoms with E-state index in [2.05, 4.69) is 12.2 Å². The van der Waals surface area contributed by atoms with E-state index in [0.29, 0.717) is 5.02 Å². The molecule has 2 rings (SSSR count). The highest BCUT2D eigenvalue weighted by molar-refractivity contribution is 6.31. The van der Waals surface area contributed by atoms with Crippen LogP contribution in [0.1, 0.15) is 38.2 Å². The van der Waals surface area contributed by atoms with Crippen molar-refractivity contribution in [3.63, 3.8) is 0 Å². The Morgan fingerprint density at radius 2 is 2.00 bits per heavy atom. The maximum atomic E-state index is 12.2. The third-order valence-electron chi connectivity index (χ3n) is 3.70. The summed E-state index contributed by atoms with van der Waals surface area (Å²) < 4.78 is 0. The maximum absolute atomic E-state index is 12.2. The van der Waals surface area contributed by atoms with Crippen LogP contribution in [0.4, 0.5) is 5.69 Å². The summed E-state index contributed by atoms with van der Waals surface area (Å²) in [4.78, 5) is 12.2. The second kappa shape index (κ2) is 4.69. The molecule has 1 fully saturated rings. The number of anilines is 1. The van der Waals surface area contributed by atoms with Crippen LogP contribution in [0.5, 0.6) is 0 Å². The highest BCUT2D eigenvalue weighted by Gasteiger charge is 2.36. The molecule has 17 heavy (non-hydrogen) atoms. The van der Waals surface area contributed by atoms with Crippen molar-refractivity contribution in [2.75, 3.05) is 5.32 Å². The minimum Gasteiger partial charge on any atom is -0.325 e. The minimum absolute atomic E-state index is 0.125. The van der Waals surface area contributed by atoms with Crippen LogP contribution in [0.15, 0.2) is 18.2 Å². The highest BCUT2D eigenvalue weighted by Crippen LogP contribution is 2.38. The maximum Gasteiger partial charge on any atom is 0.230 e. The van der Waals surface area contributed by atoms with Crippen LogP contribution in [-0.2, 0) is 4.79 Å². The minimum atomic E-state index is -0.200. The van der Waals surface area contributed by atoms with E-state index in [0.717, 1.165) is 36.9 Å². The topological polar surface area (TPSA) is 29.1 Å². The fourth-order valence-electron chi connectivity index (χ4n) is 2.38. The average Bonchev–Trinajstić information content (AvgIpc) is 2.72. The molecule has 0 saturated heterocycles. The third-order valence-corrected chi connectivity index (χ3v) is 3.94. The molecule has 1 N–H and O–H groups in total. The van der Waals surface area contributed by atoms with Gasteiger partial charge in [-0.1, -0.05) is 37.4 Å². The molecule has 0 atom stereocenters. The first-order valence-electron chi connectivity index (χ1n) is 6.09. The van der Waals surface area contributed by atoms with E-state index in [1.165, 1.54) is 0 Å². The van der Waals surface area contributed by atoms with Gasteiger partial charge >= 0.3 is 0 Å². The molecule has 0 unspecified atom stereocenters. The second-order valence-corrected chi connectivity index (χ2v) is 5.62. The van der Waals surface area contributed by atoms with E-state index in [1.54, 1.807) is 0 Å². The number of nitrogens with one attached hydrogen (secondary N) is 1. The summed E-state index contributed by atoms with van der Waals surface area (Å²) in [5, 5.41) is 3.67. The zero-order valence-corrected chi connectivity index (χ0v) is 11.1. The number of carbonyl (C=O) groups excluding carboxylic acids is 1. The van der Waals surface area contributed by atoms with E-state index >= 15 is 0 Å². The lowest BCUT2D eigenvalue weighted by Gasteiger charge is -2.22. The second-order valence-electron chi connectivity index (χ2n) is 5.18. The van der Waals surface area contributed by atoms with Crippen LogP contribution in [-0.4, -0.2) is 5.91 Å². The summed E-state index contributed by atoms with van der Waals surface area (Å²) in [6.45, 7) is 4.03. The molecule has 1 aromatic rings.